The number of benzene rings is 1. The number of rotatable bonds is 5. The highest BCUT2D eigenvalue weighted by Gasteiger charge is 2.19. The molecule has 6 heteroatoms. The Morgan fingerprint density at radius 1 is 1.31 bits per heavy atom. The van der Waals surface area contributed by atoms with E-state index in [4.69, 9.17) is 18.0 Å². The maximum atomic E-state index is 9.59. The number of hydrogen-bond acceptors (Lipinski definition) is 5. The fourth-order valence-electron chi connectivity index (χ4n) is 3.18. The number of pyridine rings is 1. The molecule has 0 aliphatic carbocycles. The molecule has 1 aromatic carbocycles. The zero-order valence-corrected chi connectivity index (χ0v) is 18.6. The topological polar surface area (TPSA) is 61.6 Å². The summed E-state index contributed by atoms with van der Waals surface area (Å²) >= 11 is 8.16. The lowest BCUT2D eigenvalue weighted by molar-refractivity contribution is 0.443. The fraction of sp³-hybridized carbons (Fsp3) is 0.348. The van der Waals surface area contributed by atoms with Gasteiger partial charge >= 0.3 is 0 Å². The summed E-state index contributed by atoms with van der Waals surface area (Å²) in [5, 5.41) is 14.4. The summed E-state index contributed by atoms with van der Waals surface area (Å²) in [6.45, 7) is 9.17. The summed E-state index contributed by atoms with van der Waals surface area (Å²) < 4.78 is 0. The number of nitrogens with one attached hydrogen (secondary N) is 1. The Hall–Kier alpha value is -2.60. The highest BCUT2D eigenvalue weighted by Crippen LogP contribution is 2.34. The van der Waals surface area contributed by atoms with Crippen LogP contribution >= 0.6 is 22.9 Å². The van der Waals surface area contributed by atoms with Crippen LogP contribution in [0.25, 0.3) is 10.9 Å². The summed E-state index contributed by atoms with van der Waals surface area (Å²) in [5.41, 5.74) is 5.74. The van der Waals surface area contributed by atoms with Crippen LogP contribution in [-0.2, 0) is 6.42 Å². The standard InChI is InChI=1S/C23H23ClN4S/c1-6-16(20-14(2)29-13-28-20)7-15-8-18-21(27-12-23(3,4)5)17(10-25)11-26-22(18)19(24)9-15/h1,8-9,11,13,16H,7,12H2,2-5H3,(H,26,27)/t16-/m0/s1. The molecule has 4 nitrogen and oxygen atoms in total. The predicted molar refractivity (Wildman–Crippen MR) is 122 cm³/mol. The molecule has 148 valence electrons. The lowest BCUT2D eigenvalue weighted by atomic mass is 9.94. The lowest BCUT2D eigenvalue weighted by Gasteiger charge is -2.21. The van der Waals surface area contributed by atoms with Crippen LogP contribution in [0, 0.1) is 36.0 Å². The minimum atomic E-state index is -0.132. The summed E-state index contributed by atoms with van der Waals surface area (Å²) in [4.78, 5) is 9.99. The van der Waals surface area contributed by atoms with Gasteiger partial charge in [0.1, 0.15) is 6.07 Å². The van der Waals surface area contributed by atoms with E-state index >= 15 is 0 Å². The molecular weight excluding hydrogens is 400 g/mol. The highest BCUT2D eigenvalue weighted by atomic mass is 35.5. The Morgan fingerprint density at radius 3 is 2.66 bits per heavy atom. The number of hydrogen-bond donors (Lipinski definition) is 1. The van der Waals surface area contributed by atoms with E-state index in [1.165, 1.54) is 0 Å². The van der Waals surface area contributed by atoms with Crippen molar-refractivity contribution in [2.45, 2.75) is 40.0 Å². The van der Waals surface area contributed by atoms with Gasteiger partial charge in [0.05, 0.1) is 38.9 Å². The van der Waals surface area contributed by atoms with Crippen LogP contribution in [0.1, 0.15) is 48.4 Å². The average Bonchev–Trinajstić information content (AvgIpc) is 3.09. The molecule has 0 bridgehead atoms. The monoisotopic (exact) mass is 422 g/mol. The molecule has 0 saturated carbocycles. The molecule has 3 rings (SSSR count). The molecule has 0 fully saturated rings. The minimum absolute atomic E-state index is 0.0560. The Bertz CT molecular complexity index is 1130. The predicted octanol–water partition coefficient (Wildman–Crippen LogP) is 5.94. The maximum Gasteiger partial charge on any atom is 0.103 e. The molecule has 2 aromatic heterocycles. The van der Waals surface area contributed by atoms with E-state index in [0.29, 0.717) is 29.1 Å². The van der Waals surface area contributed by atoms with Gasteiger partial charge in [0.2, 0.25) is 0 Å². The Kier molecular flexibility index (Phi) is 6.13. The summed E-state index contributed by atoms with van der Waals surface area (Å²) in [7, 11) is 0. The van der Waals surface area contributed by atoms with Crippen molar-refractivity contribution in [2.75, 3.05) is 11.9 Å². The van der Waals surface area contributed by atoms with E-state index in [1.54, 1.807) is 17.5 Å². The molecule has 1 atom stereocenters. The van der Waals surface area contributed by atoms with Gasteiger partial charge in [-0.25, -0.2) is 4.98 Å². The second-order valence-corrected chi connectivity index (χ2v) is 9.73. The fourth-order valence-corrected chi connectivity index (χ4v) is 4.11. The van der Waals surface area contributed by atoms with Crippen LogP contribution in [0.4, 0.5) is 5.69 Å². The second-order valence-electron chi connectivity index (χ2n) is 8.26. The van der Waals surface area contributed by atoms with Gasteiger partial charge in [0.15, 0.2) is 0 Å². The third kappa shape index (κ3) is 4.70. The summed E-state index contributed by atoms with van der Waals surface area (Å²) in [6, 6.07) is 6.17. The van der Waals surface area contributed by atoms with Crippen LogP contribution in [0.2, 0.25) is 5.02 Å². The first-order valence-electron chi connectivity index (χ1n) is 9.34. The molecule has 0 radical (unpaired) electrons. The van der Waals surface area contributed by atoms with E-state index in [0.717, 1.165) is 27.2 Å². The van der Waals surface area contributed by atoms with Crippen molar-refractivity contribution in [3.05, 3.63) is 50.6 Å². The zero-order chi connectivity index (χ0) is 21.2. The SMILES string of the molecule is C#C[C@@H](Cc1cc(Cl)c2ncc(C#N)c(NCC(C)(C)C)c2c1)c1ncsc1C. The van der Waals surface area contributed by atoms with Gasteiger partial charge in [-0.2, -0.15) is 5.26 Å². The van der Waals surface area contributed by atoms with Gasteiger partial charge in [0, 0.05) is 23.0 Å². The molecule has 3 aromatic rings. The highest BCUT2D eigenvalue weighted by molar-refractivity contribution is 7.09. The van der Waals surface area contributed by atoms with Crippen LogP contribution in [0.15, 0.2) is 23.8 Å². The van der Waals surface area contributed by atoms with Crippen LogP contribution < -0.4 is 5.32 Å². The normalized spacial score (nSPS) is 12.4. The second kappa shape index (κ2) is 8.41. The first-order chi connectivity index (χ1) is 13.7. The zero-order valence-electron chi connectivity index (χ0n) is 17.0. The van der Waals surface area contributed by atoms with Crippen LogP contribution in [0.3, 0.4) is 0 Å². The number of nitrogens with zero attached hydrogens (tertiary/aromatic N) is 3. The number of anilines is 1. The van der Waals surface area contributed by atoms with Gasteiger partial charge in [-0.1, -0.05) is 38.3 Å². The Morgan fingerprint density at radius 2 is 2.07 bits per heavy atom. The van der Waals surface area contributed by atoms with Crippen molar-refractivity contribution in [2.24, 2.45) is 5.41 Å². The molecule has 0 aliphatic heterocycles. The molecule has 0 amide bonds. The van der Waals surface area contributed by atoms with E-state index in [1.807, 2.05) is 24.6 Å². The van der Waals surface area contributed by atoms with Crippen LogP contribution in [-0.4, -0.2) is 16.5 Å². The Balaban J connectivity index is 2.07. The number of aryl methyl sites for hydroxylation is 1. The van der Waals surface area contributed by atoms with Crippen molar-refractivity contribution in [3.63, 3.8) is 0 Å². The smallest absolute Gasteiger partial charge is 0.103 e. The quantitative estimate of drug-likeness (QED) is 0.516. The molecular formula is C23H23ClN4S. The van der Waals surface area contributed by atoms with E-state index in [9.17, 15) is 5.26 Å². The first kappa shape index (κ1) is 21.1. The number of nitriles is 1. The minimum Gasteiger partial charge on any atom is -0.383 e. The average molecular weight is 423 g/mol. The molecule has 29 heavy (non-hydrogen) atoms. The van der Waals surface area contributed by atoms with E-state index in [2.05, 4.69) is 48.0 Å². The number of thiazole rings is 1. The first-order valence-corrected chi connectivity index (χ1v) is 10.6. The van der Waals surface area contributed by atoms with Crippen molar-refractivity contribution in [1.82, 2.24) is 9.97 Å². The molecule has 0 unspecified atom stereocenters. The summed E-state index contributed by atoms with van der Waals surface area (Å²) in [6.07, 6.45) is 8.00. The van der Waals surface area contributed by atoms with Crippen molar-refractivity contribution in [1.29, 1.82) is 5.26 Å². The largest absolute Gasteiger partial charge is 0.383 e. The number of halogens is 1. The maximum absolute atomic E-state index is 9.59. The van der Waals surface area contributed by atoms with Gasteiger partial charge in [-0.15, -0.1) is 17.8 Å². The van der Waals surface area contributed by atoms with Crippen molar-refractivity contribution < 1.29 is 0 Å². The molecule has 0 saturated heterocycles. The third-order valence-corrected chi connectivity index (χ3v) is 5.72. The van der Waals surface area contributed by atoms with Gasteiger partial charge in [-0.05, 0) is 36.5 Å². The van der Waals surface area contributed by atoms with Crippen molar-refractivity contribution >= 4 is 39.5 Å². The third-order valence-electron chi connectivity index (χ3n) is 4.65. The van der Waals surface area contributed by atoms with E-state index in [-0.39, 0.29) is 11.3 Å². The van der Waals surface area contributed by atoms with Gasteiger partial charge < -0.3 is 5.32 Å². The Labute approximate surface area is 181 Å². The van der Waals surface area contributed by atoms with Crippen molar-refractivity contribution in [3.8, 4) is 18.4 Å². The molecule has 0 aliphatic rings. The number of fused-ring (bicyclic) bond motifs is 1. The molecule has 2 heterocycles. The van der Waals surface area contributed by atoms with Gasteiger partial charge in [-0.3, -0.25) is 4.98 Å². The number of aromatic nitrogens is 2. The lowest BCUT2D eigenvalue weighted by Crippen LogP contribution is -2.19. The summed E-state index contributed by atoms with van der Waals surface area (Å²) in [5.74, 6) is 2.73. The van der Waals surface area contributed by atoms with E-state index < -0.39 is 0 Å². The van der Waals surface area contributed by atoms with Gasteiger partial charge in [0.25, 0.3) is 0 Å². The molecule has 0 spiro atoms. The molecule has 1 N–H and O–H groups in total. The van der Waals surface area contributed by atoms with Crippen LogP contribution in [0.5, 0.6) is 0 Å². The number of terminal acetylenes is 1.